The van der Waals surface area contributed by atoms with Gasteiger partial charge in [-0.3, -0.25) is 9.78 Å². The van der Waals surface area contributed by atoms with Crippen molar-refractivity contribution >= 4 is 5.91 Å². The van der Waals surface area contributed by atoms with E-state index in [9.17, 15) is 4.79 Å². The van der Waals surface area contributed by atoms with E-state index in [-0.39, 0.29) is 17.6 Å². The number of furan rings is 1. The molecule has 0 N–H and O–H groups in total. The fourth-order valence-electron chi connectivity index (χ4n) is 3.80. The molecule has 1 atom stereocenters. The third kappa shape index (κ3) is 3.52. The summed E-state index contributed by atoms with van der Waals surface area (Å²) >= 11 is 0. The van der Waals surface area contributed by atoms with Crippen LogP contribution in [0.15, 0.2) is 41.1 Å². The van der Waals surface area contributed by atoms with E-state index in [2.05, 4.69) is 4.98 Å². The maximum Gasteiger partial charge on any atom is 0.289 e. The number of hydrogen-bond acceptors (Lipinski definition) is 5. The number of nitrogens with zero attached hydrogens (tertiary/aromatic N) is 2. The zero-order chi connectivity index (χ0) is 18.0. The minimum absolute atomic E-state index is 0.0247. The molecule has 2 aliphatic rings. The van der Waals surface area contributed by atoms with Crippen LogP contribution in [0.2, 0.25) is 0 Å². The van der Waals surface area contributed by atoms with Gasteiger partial charge in [0.25, 0.3) is 5.91 Å². The number of aryl methyl sites for hydroxylation is 1. The van der Waals surface area contributed by atoms with E-state index < -0.39 is 0 Å². The molecular formula is C20H24N2O4. The largest absolute Gasteiger partial charge is 0.459 e. The van der Waals surface area contributed by atoms with E-state index in [1.165, 1.54) is 0 Å². The second-order valence-electron chi connectivity index (χ2n) is 7.18. The Morgan fingerprint density at radius 3 is 2.88 bits per heavy atom. The van der Waals surface area contributed by atoms with Crippen molar-refractivity contribution in [1.82, 2.24) is 9.88 Å². The molecule has 1 unspecified atom stereocenters. The first-order chi connectivity index (χ1) is 12.7. The minimum atomic E-state index is -0.163. The predicted molar refractivity (Wildman–Crippen MR) is 94.7 cm³/mol. The molecule has 138 valence electrons. The maximum absolute atomic E-state index is 12.6. The van der Waals surface area contributed by atoms with Gasteiger partial charge in [0, 0.05) is 31.3 Å². The lowest BCUT2D eigenvalue weighted by Crippen LogP contribution is -2.46. The van der Waals surface area contributed by atoms with E-state index in [4.69, 9.17) is 13.9 Å². The number of aromatic nitrogens is 1. The van der Waals surface area contributed by atoms with Gasteiger partial charge in [-0.25, -0.2) is 0 Å². The Labute approximate surface area is 153 Å². The molecule has 2 aromatic heterocycles. The lowest BCUT2D eigenvalue weighted by Gasteiger charge is -2.38. The Morgan fingerprint density at radius 1 is 1.35 bits per heavy atom. The van der Waals surface area contributed by atoms with Crippen LogP contribution in [0, 0.1) is 6.92 Å². The topological polar surface area (TPSA) is 64.8 Å². The van der Waals surface area contributed by atoms with Crippen molar-refractivity contribution in [2.24, 2.45) is 0 Å². The highest BCUT2D eigenvalue weighted by atomic mass is 16.6. The number of pyridine rings is 1. The molecule has 0 aromatic carbocycles. The van der Waals surface area contributed by atoms with Crippen molar-refractivity contribution in [3.63, 3.8) is 0 Å². The van der Waals surface area contributed by atoms with Crippen molar-refractivity contribution in [2.45, 2.75) is 44.5 Å². The van der Waals surface area contributed by atoms with Crippen LogP contribution in [0.25, 0.3) is 0 Å². The van der Waals surface area contributed by atoms with Gasteiger partial charge in [0.2, 0.25) is 0 Å². The number of likely N-dealkylation sites (tertiary alicyclic amines) is 1. The number of carbonyl (C=O) groups is 1. The van der Waals surface area contributed by atoms with Crippen LogP contribution >= 0.6 is 0 Å². The Morgan fingerprint density at radius 2 is 2.19 bits per heavy atom. The Balaban J connectivity index is 1.29. The quantitative estimate of drug-likeness (QED) is 0.843. The van der Waals surface area contributed by atoms with Crippen LogP contribution in [0.4, 0.5) is 0 Å². The van der Waals surface area contributed by atoms with Crippen molar-refractivity contribution in [1.29, 1.82) is 0 Å². The first-order valence-electron chi connectivity index (χ1n) is 9.14. The molecule has 2 aliphatic heterocycles. The summed E-state index contributed by atoms with van der Waals surface area (Å²) in [5.74, 6) is 0.424. The summed E-state index contributed by atoms with van der Waals surface area (Å²) in [5, 5.41) is 0. The van der Waals surface area contributed by atoms with Crippen molar-refractivity contribution in [3.05, 3.63) is 53.7 Å². The highest BCUT2D eigenvalue weighted by Crippen LogP contribution is 2.37. The van der Waals surface area contributed by atoms with E-state index in [0.717, 1.165) is 30.5 Å². The van der Waals surface area contributed by atoms with Crippen LogP contribution in [0.3, 0.4) is 0 Å². The highest BCUT2D eigenvalue weighted by molar-refractivity contribution is 5.92. The molecule has 26 heavy (non-hydrogen) atoms. The predicted octanol–water partition coefficient (Wildman–Crippen LogP) is 2.96. The van der Waals surface area contributed by atoms with Gasteiger partial charge in [0.15, 0.2) is 5.76 Å². The fraction of sp³-hybridized carbons (Fsp3) is 0.500. The molecule has 4 heterocycles. The average molecular weight is 356 g/mol. The Bertz CT molecular complexity index is 750. The van der Waals surface area contributed by atoms with Gasteiger partial charge in [-0.2, -0.15) is 0 Å². The molecule has 2 fully saturated rings. The zero-order valence-electron chi connectivity index (χ0n) is 15.0. The molecule has 0 bridgehead atoms. The summed E-state index contributed by atoms with van der Waals surface area (Å²) in [4.78, 5) is 18.7. The van der Waals surface area contributed by atoms with Crippen LogP contribution in [-0.4, -0.2) is 47.2 Å². The van der Waals surface area contributed by atoms with Crippen molar-refractivity contribution < 1.29 is 18.7 Å². The minimum Gasteiger partial charge on any atom is -0.459 e. The Kier molecular flexibility index (Phi) is 4.78. The van der Waals surface area contributed by atoms with E-state index in [0.29, 0.717) is 32.1 Å². The van der Waals surface area contributed by atoms with Gasteiger partial charge in [0.1, 0.15) is 0 Å². The molecule has 6 heteroatoms. The van der Waals surface area contributed by atoms with Crippen molar-refractivity contribution in [3.8, 4) is 0 Å². The summed E-state index contributed by atoms with van der Waals surface area (Å²) in [6, 6.07) is 7.65. The van der Waals surface area contributed by atoms with E-state index in [1.807, 2.05) is 36.1 Å². The number of amides is 1. The number of rotatable bonds is 4. The number of hydrogen-bond donors (Lipinski definition) is 0. The third-order valence-corrected chi connectivity index (χ3v) is 5.39. The van der Waals surface area contributed by atoms with Crippen LogP contribution < -0.4 is 0 Å². The fourth-order valence-corrected chi connectivity index (χ4v) is 3.80. The van der Waals surface area contributed by atoms with E-state index >= 15 is 0 Å². The maximum atomic E-state index is 12.6. The molecule has 1 spiro atoms. The molecule has 0 saturated carbocycles. The summed E-state index contributed by atoms with van der Waals surface area (Å²) in [5.41, 5.74) is 1.65. The van der Waals surface area contributed by atoms with Crippen LogP contribution in [0.5, 0.6) is 0 Å². The summed E-state index contributed by atoms with van der Waals surface area (Å²) in [7, 11) is 0. The molecule has 2 saturated heterocycles. The second-order valence-corrected chi connectivity index (χ2v) is 7.18. The van der Waals surface area contributed by atoms with E-state index in [1.54, 1.807) is 12.5 Å². The van der Waals surface area contributed by atoms with Gasteiger partial charge in [0.05, 0.1) is 36.9 Å². The molecular weight excluding hydrogens is 332 g/mol. The molecule has 0 radical (unpaired) electrons. The van der Waals surface area contributed by atoms with Crippen molar-refractivity contribution in [2.75, 3.05) is 19.7 Å². The van der Waals surface area contributed by atoms with Crippen LogP contribution in [-0.2, 0) is 16.1 Å². The van der Waals surface area contributed by atoms with Crippen LogP contribution in [0.1, 0.15) is 41.1 Å². The first kappa shape index (κ1) is 17.2. The number of piperidine rings is 1. The van der Waals surface area contributed by atoms with Gasteiger partial charge in [-0.05, 0) is 38.0 Å². The SMILES string of the molecule is Cc1ccoc1C(=O)N1CCC2(CC1)CC(OCc1ccccn1)CO2. The lowest BCUT2D eigenvalue weighted by molar-refractivity contribution is -0.0416. The number of ether oxygens (including phenoxy) is 2. The second kappa shape index (κ2) is 7.21. The lowest BCUT2D eigenvalue weighted by atomic mass is 9.88. The smallest absolute Gasteiger partial charge is 0.289 e. The van der Waals surface area contributed by atoms with Gasteiger partial charge in [-0.1, -0.05) is 6.07 Å². The summed E-state index contributed by atoms with van der Waals surface area (Å²) in [6.45, 7) is 4.38. The average Bonchev–Trinajstić information content (AvgIpc) is 3.27. The van der Waals surface area contributed by atoms with Gasteiger partial charge in [-0.15, -0.1) is 0 Å². The molecule has 4 rings (SSSR count). The Hall–Kier alpha value is -2.18. The summed E-state index contributed by atoms with van der Waals surface area (Å²) < 4.78 is 17.4. The highest BCUT2D eigenvalue weighted by Gasteiger charge is 2.44. The molecule has 6 nitrogen and oxygen atoms in total. The third-order valence-electron chi connectivity index (χ3n) is 5.39. The molecule has 0 aliphatic carbocycles. The molecule has 2 aromatic rings. The van der Waals surface area contributed by atoms with Gasteiger partial charge < -0.3 is 18.8 Å². The van der Waals surface area contributed by atoms with Gasteiger partial charge >= 0.3 is 0 Å². The zero-order valence-corrected chi connectivity index (χ0v) is 15.0. The normalized spacial score (nSPS) is 22.0. The standard InChI is InChI=1S/C20H24N2O4/c1-15-5-11-24-18(15)19(23)22-9-6-20(7-10-22)12-17(14-26-20)25-13-16-4-2-3-8-21-16/h2-5,8,11,17H,6-7,9-10,12-14H2,1H3. The number of carbonyl (C=O) groups excluding carboxylic acids is 1. The summed E-state index contributed by atoms with van der Waals surface area (Å²) in [6.07, 6.45) is 5.98. The first-order valence-corrected chi connectivity index (χ1v) is 9.14. The monoisotopic (exact) mass is 356 g/mol. The molecule has 1 amide bonds.